The van der Waals surface area contributed by atoms with Gasteiger partial charge in [-0.05, 0) is 58.6 Å². The van der Waals surface area contributed by atoms with Crippen molar-refractivity contribution in [2.24, 2.45) is 11.8 Å². The van der Waals surface area contributed by atoms with Crippen LogP contribution in [0.2, 0.25) is 18.1 Å². The first-order valence-electron chi connectivity index (χ1n) is 17.0. The SMILES string of the molecule is CC(C)[C@H](OC(=O)[C@H](NC(=O)OCC1c2ccccc2-c2ccccc21)C(C)C)C(=O)N1CC[C@H](O[Si](C)(C)C(C)(C)C)C[C@@H]1C(=O)O. The summed E-state index contributed by atoms with van der Waals surface area (Å²) in [5.74, 6) is -3.45. The molecule has 1 aliphatic carbocycles. The molecule has 1 fully saturated rings. The van der Waals surface area contributed by atoms with Gasteiger partial charge in [-0.2, -0.15) is 0 Å². The molecule has 0 aromatic heterocycles. The van der Waals surface area contributed by atoms with Crippen molar-refractivity contribution < 1.29 is 38.2 Å². The van der Waals surface area contributed by atoms with Crippen molar-refractivity contribution >= 4 is 32.3 Å². The normalized spacial score (nSPS) is 19.4. The summed E-state index contributed by atoms with van der Waals surface area (Å²) in [7, 11) is -2.16. The number of carbonyl (C=O) groups excluding carboxylic acids is 3. The summed E-state index contributed by atoms with van der Waals surface area (Å²) in [6, 6.07) is 13.8. The molecule has 1 heterocycles. The number of carbonyl (C=O) groups is 4. The van der Waals surface area contributed by atoms with E-state index >= 15 is 0 Å². The molecule has 4 atom stereocenters. The van der Waals surface area contributed by atoms with E-state index in [1.807, 2.05) is 36.4 Å². The molecule has 2 N–H and O–H groups in total. The molecule has 10 nitrogen and oxygen atoms in total. The van der Waals surface area contributed by atoms with Crippen molar-refractivity contribution in [1.29, 1.82) is 0 Å². The number of hydrogen-bond donors (Lipinski definition) is 2. The number of benzene rings is 2. The predicted molar refractivity (Wildman–Crippen MR) is 186 cm³/mol. The van der Waals surface area contributed by atoms with E-state index in [0.717, 1.165) is 22.3 Å². The largest absolute Gasteiger partial charge is 0.480 e. The number of fused-ring (bicyclic) bond motifs is 3. The number of amides is 2. The third kappa shape index (κ3) is 8.11. The van der Waals surface area contributed by atoms with E-state index in [4.69, 9.17) is 13.9 Å². The first-order valence-corrected chi connectivity index (χ1v) is 19.9. The molecule has 0 spiro atoms. The zero-order chi connectivity index (χ0) is 35.6. The van der Waals surface area contributed by atoms with E-state index in [9.17, 15) is 24.3 Å². The van der Waals surface area contributed by atoms with E-state index in [2.05, 4.69) is 51.3 Å². The van der Waals surface area contributed by atoms with E-state index in [1.54, 1.807) is 27.7 Å². The number of aliphatic carboxylic acids is 1. The Morgan fingerprint density at radius 3 is 2.00 bits per heavy atom. The minimum absolute atomic E-state index is 0.0453. The lowest BCUT2D eigenvalue weighted by atomic mass is 9.96. The Hall–Kier alpha value is -3.70. The Kier molecular flexibility index (Phi) is 11.5. The van der Waals surface area contributed by atoms with Gasteiger partial charge in [0.25, 0.3) is 5.91 Å². The molecule has 4 rings (SSSR count). The smallest absolute Gasteiger partial charge is 0.407 e. The molecular weight excluding hydrogens is 628 g/mol. The topological polar surface area (TPSA) is 131 Å². The minimum Gasteiger partial charge on any atom is -0.480 e. The standard InChI is InChI=1S/C37H52N2O8Si/c1-22(2)31(38-36(44)45-21-29-27-16-12-10-14-25(27)26-15-11-13-17-28(26)29)35(43)46-32(23(3)4)33(40)39-19-18-24(20-30(39)34(41)42)47-48(8,9)37(5,6)7/h10-17,22-24,29-32H,18-21H2,1-9H3,(H,38,44)(H,41,42)/t24-,30+,31+,32-/m0/s1. The fourth-order valence-corrected chi connectivity index (χ4v) is 7.63. The van der Waals surface area contributed by atoms with Gasteiger partial charge >= 0.3 is 18.0 Å². The van der Waals surface area contributed by atoms with Crippen molar-refractivity contribution in [3.8, 4) is 11.1 Å². The summed E-state index contributed by atoms with van der Waals surface area (Å²) in [5, 5.41) is 12.7. The molecule has 2 aromatic carbocycles. The maximum atomic E-state index is 13.8. The molecule has 11 heteroatoms. The van der Waals surface area contributed by atoms with Crippen LogP contribution in [0.5, 0.6) is 0 Å². The van der Waals surface area contributed by atoms with Gasteiger partial charge in [0.1, 0.15) is 18.7 Å². The number of nitrogens with one attached hydrogen (secondary N) is 1. The van der Waals surface area contributed by atoms with E-state index in [-0.39, 0.29) is 42.6 Å². The Morgan fingerprint density at radius 2 is 1.50 bits per heavy atom. The van der Waals surface area contributed by atoms with Gasteiger partial charge in [0.15, 0.2) is 14.4 Å². The van der Waals surface area contributed by atoms with Gasteiger partial charge in [0, 0.05) is 25.0 Å². The van der Waals surface area contributed by atoms with Gasteiger partial charge in [-0.3, -0.25) is 4.79 Å². The molecule has 1 saturated heterocycles. The second-order valence-corrected chi connectivity index (χ2v) is 20.0. The minimum atomic E-state index is -2.16. The van der Waals surface area contributed by atoms with Gasteiger partial charge in [0.05, 0.1) is 0 Å². The van der Waals surface area contributed by atoms with Crippen LogP contribution >= 0.6 is 0 Å². The number of carboxylic acids is 1. The Labute approximate surface area is 285 Å². The van der Waals surface area contributed by atoms with E-state index in [1.165, 1.54) is 4.90 Å². The number of carboxylic acid groups (broad SMARTS) is 1. The lowest BCUT2D eigenvalue weighted by Gasteiger charge is -2.44. The molecule has 0 radical (unpaired) electrons. The first kappa shape index (κ1) is 37.1. The summed E-state index contributed by atoms with van der Waals surface area (Å²) in [5.41, 5.74) is 4.35. The molecule has 2 aliphatic rings. The average molecular weight is 681 g/mol. The van der Waals surface area contributed by atoms with Crippen LogP contribution in [0.3, 0.4) is 0 Å². The van der Waals surface area contributed by atoms with Crippen LogP contribution in [0.25, 0.3) is 11.1 Å². The van der Waals surface area contributed by atoms with E-state index in [0.29, 0.717) is 6.42 Å². The molecule has 0 saturated carbocycles. The lowest BCUT2D eigenvalue weighted by Crippen LogP contribution is -2.58. The summed E-state index contributed by atoms with van der Waals surface area (Å²) in [6.45, 7) is 17.9. The first-order chi connectivity index (χ1) is 22.4. The molecule has 262 valence electrons. The van der Waals surface area contributed by atoms with Gasteiger partial charge in [0.2, 0.25) is 0 Å². The third-order valence-corrected chi connectivity index (χ3v) is 14.6. The predicted octanol–water partition coefficient (Wildman–Crippen LogP) is 6.58. The van der Waals surface area contributed by atoms with Gasteiger partial charge < -0.3 is 29.2 Å². The van der Waals surface area contributed by atoms with Crippen LogP contribution in [0, 0.1) is 11.8 Å². The van der Waals surface area contributed by atoms with Crippen LogP contribution in [0.15, 0.2) is 48.5 Å². The number of hydrogen-bond acceptors (Lipinski definition) is 7. The number of rotatable bonds is 11. The van der Waals surface area contributed by atoms with Crippen molar-refractivity contribution in [3.05, 3.63) is 59.7 Å². The quantitative estimate of drug-likeness (QED) is 0.201. The number of alkyl carbamates (subject to hydrolysis) is 1. The number of ether oxygens (including phenoxy) is 2. The summed E-state index contributed by atoms with van der Waals surface area (Å²) >= 11 is 0. The highest BCUT2D eigenvalue weighted by atomic mass is 28.4. The summed E-state index contributed by atoms with van der Waals surface area (Å²) in [6.07, 6.45) is -1.65. The second-order valence-electron chi connectivity index (χ2n) is 15.2. The van der Waals surface area contributed by atoms with Crippen LogP contribution in [0.1, 0.15) is 78.4 Å². The van der Waals surface area contributed by atoms with Crippen molar-refractivity contribution in [1.82, 2.24) is 10.2 Å². The number of likely N-dealkylation sites (tertiary alicyclic amines) is 1. The monoisotopic (exact) mass is 680 g/mol. The van der Waals surface area contributed by atoms with E-state index < -0.39 is 56.4 Å². The third-order valence-electron chi connectivity index (χ3n) is 10.0. The average Bonchev–Trinajstić information content (AvgIpc) is 3.33. The molecular formula is C37H52N2O8Si. The maximum Gasteiger partial charge on any atom is 0.407 e. The van der Waals surface area contributed by atoms with Crippen LogP contribution < -0.4 is 5.32 Å². The molecule has 2 aromatic rings. The highest BCUT2D eigenvalue weighted by Crippen LogP contribution is 2.44. The number of nitrogens with zero attached hydrogens (tertiary/aromatic N) is 1. The lowest BCUT2D eigenvalue weighted by molar-refractivity contribution is -0.171. The van der Waals surface area contributed by atoms with Crippen molar-refractivity contribution in [3.63, 3.8) is 0 Å². The second kappa shape index (κ2) is 14.8. The van der Waals surface area contributed by atoms with Gasteiger partial charge in [-0.1, -0.05) is 97.0 Å². The molecule has 0 bridgehead atoms. The van der Waals surface area contributed by atoms with Crippen LogP contribution in [0.4, 0.5) is 4.79 Å². The fourth-order valence-electron chi connectivity index (χ4n) is 6.23. The van der Waals surface area contributed by atoms with Gasteiger partial charge in [-0.25, -0.2) is 14.4 Å². The van der Waals surface area contributed by atoms with Crippen molar-refractivity contribution in [2.75, 3.05) is 13.2 Å². The highest BCUT2D eigenvalue weighted by molar-refractivity contribution is 6.74. The molecule has 1 aliphatic heterocycles. The Morgan fingerprint density at radius 1 is 0.938 bits per heavy atom. The highest BCUT2D eigenvalue weighted by Gasteiger charge is 2.45. The van der Waals surface area contributed by atoms with Crippen LogP contribution in [-0.2, 0) is 28.3 Å². The molecule has 0 unspecified atom stereocenters. The zero-order valence-electron chi connectivity index (χ0n) is 29.7. The fraction of sp³-hybridized carbons (Fsp3) is 0.568. The number of piperidine rings is 1. The number of esters is 1. The Bertz CT molecular complexity index is 1450. The Balaban J connectivity index is 1.41. The maximum absolute atomic E-state index is 13.8. The van der Waals surface area contributed by atoms with Crippen molar-refractivity contribution in [2.45, 2.75) is 110 Å². The van der Waals surface area contributed by atoms with Crippen LogP contribution in [-0.4, -0.2) is 79.7 Å². The van der Waals surface area contributed by atoms with Gasteiger partial charge in [-0.15, -0.1) is 0 Å². The summed E-state index contributed by atoms with van der Waals surface area (Å²) in [4.78, 5) is 54.1. The molecule has 2 amide bonds. The zero-order valence-corrected chi connectivity index (χ0v) is 30.7. The summed E-state index contributed by atoms with van der Waals surface area (Å²) < 4.78 is 18.0. The molecule has 48 heavy (non-hydrogen) atoms.